The Kier molecular flexibility index (Phi) is 4.33. The summed E-state index contributed by atoms with van der Waals surface area (Å²) in [6.45, 7) is 2.59. The summed E-state index contributed by atoms with van der Waals surface area (Å²) >= 11 is 1.51. The molecule has 6 heteroatoms. The molecular formula is C16H17N3O2S. The molecule has 1 atom stereocenters. The van der Waals surface area contributed by atoms with Crippen LogP contribution in [0.25, 0.3) is 20.7 Å². The van der Waals surface area contributed by atoms with Crippen molar-refractivity contribution in [3.8, 4) is 10.4 Å². The fourth-order valence-corrected chi connectivity index (χ4v) is 3.26. The van der Waals surface area contributed by atoms with E-state index in [2.05, 4.69) is 15.3 Å². The molecule has 1 unspecified atom stereocenters. The SMILES string of the molecule is CC(O)CNCc1nc2sc(-c3ccccc3)cc2c(=O)[nH]1. The van der Waals surface area contributed by atoms with E-state index in [1.165, 1.54) is 11.3 Å². The van der Waals surface area contributed by atoms with Gasteiger partial charge in [-0.2, -0.15) is 0 Å². The molecular weight excluding hydrogens is 298 g/mol. The maximum atomic E-state index is 12.2. The van der Waals surface area contributed by atoms with Crippen molar-refractivity contribution in [3.63, 3.8) is 0 Å². The third-order valence-corrected chi connectivity index (χ3v) is 4.32. The number of fused-ring (bicyclic) bond motifs is 1. The molecule has 0 aliphatic carbocycles. The van der Waals surface area contributed by atoms with Crippen LogP contribution in [0.1, 0.15) is 12.7 Å². The summed E-state index contributed by atoms with van der Waals surface area (Å²) in [5.41, 5.74) is 0.955. The molecule has 2 aromatic heterocycles. The number of aromatic amines is 1. The molecule has 2 heterocycles. The number of aromatic nitrogens is 2. The summed E-state index contributed by atoms with van der Waals surface area (Å²) in [6.07, 6.45) is -0.429. The first-order valence-electron chi connectivity index (χ1n) is 7.10. The Labute approximate surface area is 131 Å². The van der Waals surface area contributed by atoms with Gasteiger partial charge in [-0.1, -0.05) is 30.3 Å². The zero-order chi connectivity index (χ0) is 15.5. The van der Waals surface area contributed by atoms with Gasteiger partial charge < -0.3 is 15.4 Å². The first-order valence-corrected chi connectivity index (χ1v) is 7.92. The number of aliphatic hydroxyl groups excluding tert-OH is 1. The summed E-state index contributed by atoms with van der Waals surface area (Å²) in [4.78, 5) is 21.2. The van der Waals surface area contributed by atoms with E-state index in [0.717, 1.165) is 15.3 Å². The topological polar surface area (TPSA) is 78.0 Å². The van der Waals surface area contributed by atoms with Crippen molar-refractivity contribution in [3.05, 3.63) is 52.6 Å². The zero-order valence-electron chi connectivity index (χ0n) is 12.2. The number of benzene rings is 1. The Hall–Kier alpha value is -2.02. The molecule has 22 heavy (non-hydrogen) atoms. The largest absolute Gasteiger partial charge is 0.392 e. The second kappa shape index (κ2) is 6.39. The van der Waals surface area contributed by atoms with Crippen LogP contribution < -0.4 is 10.9 Å². The van der Waals surface area contributed by atoms with Gasteiger partial charge in [-0.05, 0) is 18.6 Å². The number of hydrogen-bond acceptors (Lipinski definition) is 5. The van der Waals surface area contributed by atoms with Crippen molar-refractivity contribution < 1.29 is 5.11 Å². The van der Waals surface area contributed by atoms with E-state index >= 15 is 0 Å². The van der Waals surface area contributed by atoms with Crippen LogP contribution in [-0.4, -0.2) is 27.7 Å². The van der Waals surface area contributed by atoms with Crippen molar-refractivity contribution in [1.82, 2.24) is 15.3 Å². The molecule has 0 spiro atoms. The fourth-order valence-electron chi connectivity index (χ4n) is 2.20. The molecule has 114 valence electrons. The lowest BCUT2D eigenvalue weighted by molar-refractivity contribution is 0.190. The van der Waals surface area contributed by atoms with Crippen LogP contribution in [0.4, 0.5) is 0 Å². The van der Waals surface area contributed by atoms with E-state index in [9.17, 15) is 9.90 Å². The molecule has 0 saturated carbocycles. The highest BCUT2D eigenvalue weighted by Crippen LogP contribution is 2.30. The Morgan fingerprint density at radius 3 is 2.86 bits per heavy atom. The van der Waals surface area contributed by atoms with Gasteiger partial charge >= 0.3 is 0 Å². The third kappa shape index (κ3) is 3.24. The van der Waals surface area contributed by atoms with Crippen molar-refractivity contribution >= 4 is 21.6 Å². The van der Waals surface area contributed by atoms with Gasteiger partial charge in [0.1, 0.15) is 10.7 Å². The molecule has 3 aromatic rings. The Morgan fingerprint density at radius 2 is 2.14 bits per heavy atom. The third-order valence-electron chi connectivity index (χ3n) is 3.24. The molecule has 3 rings (SSSR count). The highest BCUT2D eigenvalue weighted by molar-refractivity contribution is 7.21. The monoisotopic (exact) mass is 315 g/mol. The van der Waals surface area contributed by atoms with Crippen LogP contribution in [-0.2, 0) is 6.54 Å². The number of H-pyrrole nitrogens is 1. The van der Waals surface area contributed by atoms with Crippen molar-refractivity contribution in [1.29, 1.82) is 0 Å². The van der Waals surface area contributed by atoms with Gasteiger partial charge in [0.2, 0.25) is 0 Å². The van der Waals surface area contributed by atoms with E-state index in [0.29, 0.717) is 24.3 Å². The molecule has 0 fully saturated rings. The zero-order valence-corrected chi connectivity index (χ0v) is 13.0. The van der Waals surface area contributed by atoms with E-state index < -0.39 is 6.10 Å². The smallest absolute Gasteiger partial charge is 0.259 e. The van der Waals surface area contributed by atoms with Crippen LogP contribution in [0.3, 0.4) is 0 Å². The summed E-state index contributed by atoms with van der Waals surface area (Å²) in [5, 5.41) is 12.9. The first-order chi connectivity index (χ1) is 10.6. The predicted octanol–water partition coefficient (Wildman–Crippen LogP) is 2.12. The molecule has 0 saturated heterocycles. The standard InChI is InChI=1S/C16H17N3O2S/c1-10(20)8-17-9-14-18-15(21)12-7-13(22-16(12)19-14)11-5-3-2-4-6-11/h2-7,10,17,20H,8-9H2,1H3,(H,18,19,21). The molecule has 0 amide bonds. The average Bonchev–Trinajstić information content (AvgIpc) is 2.92. The lowest BCUT2D eigenvalue weighted by atomic mass is 10.2. The summed E-state index contributed by atoms with van der Waals surface area (Å²) in [6, 6.07) is 11.8. The number of nitrogens with zero attached hydrogens (tertiary/aromatic N) is 1. The second-order valence-electron chi connectivity index (χ2n) is 5.19. The number of rotatable bonds is 5. The van der Waals surface area contributed by atoms with Crippen LogP contribution in [0.15, 0.2) is 41.2 Å². The number of nitrogens with one attached hydrogen (secondary N) is 2. The second-order valence-corrected chi connectivity index (χ2v) is 6.22. The Balaban J connectivity index is 1.92. The summed E-state index contributed by atoms with van der Waals surface area (Å²) in [7, 11) is 0. The van der Waals surface area contributed by atoms with Gasteiger partial charge in [0.25, 0.3) is 5.56 Å². The first kappa shape index (κ1) is 14.9. The highest BCUT2D eigenvalue weighted by Gasteiger charge is 2.10. The minimum absolute atomic E-state index is 0.128. The van der Waals surface area contributed by atoms with Gasteiger partial charge in [-0.15, -0.1) is 11.3 Å². The fraction of sp³-hybridized carbons (Fsp3) is 0.250. The van der Waals surface area contributed by atoms with Crippen molar-refractivity contribution in [2.75, 3.05) is 6.54 Å². The lowest BCUT2D eigenvalue weighted by Crippen LogP contribution is -2.26. The highest BCUT2D eigenvalue weighted by atomic mass is 32.1. The Bertz CT molecular complexity index is 824. The predicted molar refractivity (Wildman–Crippen MR) is 89.1 cm³/mol. The van der Waals surface area contributed by atoms with Gasteiger partial charge in [0.15, 0.2) is 0 Å². The quantitative estimate of drug-likeness (QED) is 0.674. The van der Waals surface area contributed by atoms with Crippen LogP contribution in [0, 0.1) is 0 Å². The summed E-state index contributed by atoms with van der Waals surface area (Å²) < 4.78 is 0. The van der Waals surface area contributed by atoms with E-state index in [-0.39, 0.29) is 5.56 Å². The Morgan fingerprint density at radius 1 is 1.36 bits per heavy atom. The summed E-state index contributed by atoms with van der Waals surface area (Å²) in [5.74, 6) is 0.583. The van der Waals surface area contributed by atoms with Gasteiger partial charge in [-0.25, -0.2) is 4.98 Å². The van der Waals surface area contributed by atoms with Crippen LogP contribution in [0.5, 0.6) is 0 Å². The van der Waals surface area contributed by atoms with Crippen molar-refractivity contribution in [2.45, 2.75) is 19.6 Å². The minimum atomic E-state index is -0.429. The van der Waals surface area contributed by atoms with Crippen LogP contribution in [0.2, 0.25) is 0 Å². The van der Waals surface area contributed by atoms with Crippen LogP contribution >= 0.6 is 11.3 Å². The molecule has 0 bridgehead atoms. The van der Waals surface area contributed by atoms with E-state index in [4.69, 9.17) is 0 Å². The van der Waals surface area contributed by atoms with Gasteiger partial charge in [0, 0.05) is 11.4 Å². The lowest BCUT2D eigenvalue weighted by Gasteiger charge is -2.05. The van der Waals surface area contributed by atoms with E-state index in [1.54, 1.807) is 6.92 Å². The molecule has 0 radical (unpaired) electrons. The van der Waals surface area contributed by atoms with Crippen molar-refractivity contribution in [2.24, 2.45) is 0 Å². The molecule has 1 aromatic carbocycles. The maximum absolute atomic E-state index is 12.2. The molecule has 0 aliphatic heterocycles. The maximum Gasteiger partial charge on any atom is 0.259 e. The normalized spacial score (nSPS) is 12.6. The molecule has 3 N–H and O–H groups in total. The number of thiophene rings is 1. The number of aliphatic hydroxyl groups is 1. The van der Waals surface area contributed by atoms with Gasteiger partial charge in [0.05, 0.1) is 18.0 Å². The van der Waals surface area contributed by atoms with E-state index in [1.807, 2.05) is 36.4 Å². The van der Waals surface area contributed by atoms with Gasteiger partial charge in [-0.3, -0.25) is 4.79 Å². The molecule has 0 aliphatic rings. The minimum Gasteiger partial charge on any atom is -0.392 e. The molecule has 5 nitrogen and oxygen atoms in total. The average molecular weight is 315 g/mol. The number of hydrogen-bond donors (Lipinski definition) is 3.